The van der Waals surface area contributed by atoms with Crippen molar-refractivity contribution in [1.29, 1.82) is 0 Å². The van der Waals surface area contributed by atoms with Crippen LogP contribution in [-0.2, 0) is 0 Å². The molecular weight excluding hydrogens is 1780 g/mol. The van der Waals surface area contributed by atoms with E-state index in [1.54, 1.807) is 0 Å². The third-order valence-corrected chi connectivity index (χ3v) is 40.2. The zero-order chi connectivity index (χ0) is 110. The third-order valence-electron chi connectivity index (χ3n) is 40.2. The Labute approximate surface area is 911 Å². The summed E-state index contributed by atoms with van der Waals surface area (Å²) in [6.07, 6.45) is 40.4. The van der Waals surface area contributed by atoms with Gasteiger partial charge in [-0.25, -0.2) is 4.39 Å². The number of alkyl halides is 1. The fourth-order valence-corrected chi connectivity index (χ4v) is 24.0. The molecule has 145 heavy (non-hydrogen) atoms. The summed E-state index contributed by atoms with van der Waals surface area (Å²) < 4.78 is 13.8. The average molecular weight is 2050 g/mol. The smallest absolute Gasteiger partial charge is 0.115 e. The lowest BCUT2D eigenvalue weighted by atomic mass is 9.68. The van der Waals surface area contributed by atoms with Crippen LogP contribution in [0.25, 0.3) is 0 Å². The van der Waals surface area contributed by atoms with Crippen molar-refractivity contribution in [2.45, 2.75) is 438 Å². The first-order chi connectivity index (χ1) is 67.9. The molecule has 14 aliphatic rings. The van der Waals surface area contributed by atoms with E-state index < -0.39 is 5.67 Å². The molecule has 15 nitrogen and oxygen atoms in total. The molecule has 12 heterocycles. The van der Waals surface area contributed by atoms with Crippen LogP contribution < -0.4 is 0 Å². The first kappa shape index (κ1) is 142. The molecule has 2 saturated carbocycles. The summed E-state index contributed by atoms with van der Waals surface area (Å²) in [5, 5.41) is 18.8. The van der Waals surface area contributed by atoms with Crippen LogP contribution in [0.1, 0.15) is 421 Å². The van der Waals surface area contributed by atoms with Gasteiger partial charge in [0.1, 0.15) is 5.67 Å². The van der Waals surface area contributed by atoms with Gasteiger partial charge in [-0.1, -0.05) is 272 Å². The highest BCUT2D eigenvalue weighted by molar-refractivity contribution is 4.92. The quantitative estimate of drug-likeness (QED) is 0.129. The molecule has 0 aromatic rings. The van der Waals surface area contributed by atoms with Crippen LogP contribution in [0.4, 0.5) is 4.39 Å². The number of hydrogen-bond acceptors (Lipinski definition) is 15. The lowest BCUT2D eigenvalue weighted by molar-refractivity contribution is -0.0521. The predicted molar refractivity (Wildman–Crippen MR) is 644 cm³/mol. The van der Waals surface area contributed by atoms with Crippen LogP contribution >= 0.6 is 0 Å². The summed E-state index contributed by atoms with van der Waals surface area (Å²) in [7, 11) is 19.7. The summed E-state index contributed by atoms with van der Waals surface area (Å²) in [6.45, 7) is 112. The molecule has 0 bridgehead atoms. The number of likely N-dealkylation sites (N-methyl/N-ethyl adjacent to an activating group) is 1. The zero-order valence-corrected chi connectivity index (χ0v) is 107. The number of nitrogens with zero attached hydrogens (tertiary/aromatic N) is 13. The van der Waals surface area contributed by atoms with Crippen molar-refractivity contribution in [2.75, 3.05) is 260 Å². The molecule has 1 atom stereocenters. The lowest BCUT2D eigenvalue weighted by Crippen LogP contribution is -2.48. The highest BCUT2D eigenvalue weighted by Gasteiger charge is 2.40. The van der Waals surface area contributed by atoms with E-state index in [0.29, 0.717) is 41.6 Å². The van der Waals surface area contributed by atoms with Crippen LogP contribution in [0.5, 0.6) is 0 Å². The predicted octanol–water partition coefficient (Wildman–Crippen LogP) is 28.7. The molecule has 1 unspecified atom stereocenters. The van der Waals surface area contributed by atoms with E-state index in [2.05, 4.69) is 342 Å². The largest absolute Gasteiger partial charge is 0.395 e. The van der Waals surface area contributed by atoms with Crippen molar-refractivity contribution in [3.05, 3.63) is 0 Å². The molecule has 0 aromatic heterocycles. The molecule has 0 amide bonds. The molecule has 2 aliphatic carbocycles. The fraction of sp³-hybridized carbons (Fsp3) is 1.00. The highest BCUT2D eigenvalue weighted by atomic mass is 19.1. The van der Waals surface area contributed by atoms with Gasteiger partial charge < -0.3 is 69.0 Å². The number of piperidine rings is 8. The summed E-state index contributed by atoms with van der Waals surface area (Å²) in [6, 6.07) is 0.730. The van der Waals surface area contributed by atoms with E-state index in [9.17, 15) is 9.50 Å². The lowest BCUT2D eigenvalue weighted by Gasteiger charge is -2.43. The SMILES string of the molecule is CC(C)C1(C)CCCCC1.CC(C)C1(C)CCN(C)CC1.CC(C)C1(F)CCN(C)CC1.CC(C)C1(O)CCN(C)CC1.CC(C)C1CCCCC1.CC(C)C1CCCN(C)CC1.CC(C)C1CCN(C)CC1.CC(C)C1CCN(C)CC1.CC(C)C1CCN(CCO)CC1.CC(C)C1CN(C)C1.CC(C)N1CCN(C)CC1.CCC1(C(C)C)CCN(C)CC1.CCN1CC(C(C)C)C1.CCN1CCC(C(C)C)CC1. The van der Waals surface area contributed by atoms with Gasteiger partial charge in [0.25, 0.3) is 0 Å². The number of likely N-dealkylation sites (tertiary alicyclic amines) is 11. The Morgan fingerprint density at radius 2 is 0.531 bits per heavy atom. The Bertz CT molecular complexity index is 2780. The van der Waals surface area contributed by atoms with Gasteiger partial charge in [0.15, 0.2) is 0 Å². The van der Waals surface area contributed by atoms with Gasteiger partial charge >= 0.3 is 0 Å². The topological polar surface area (TPSA) is 82.6 Å². The van der Waals surface area contributed by atoms with E-state index in [1.165, 1.54) is 324 Å². The molecule has 16 heteroatoms. The van der Waals surface area contributed by atoms with E-state index in [-0.39, 0.29) is 11.5 Å². The number of rotatable bonds is 19. The van der Waals surface area contributed by atoms with Gasteiger partial charge in [-0.05, 0) is 457 Å². The summed E-state index contributed by atoms with van der Waals surface area (Å²) in [5.74, 6) is 18.2. The molecule has 14 rings (SSSR count). The van der Waals surface area contributed by atoms with Crippen LogP contribution in [0.2, 0.25) is 0 Å². The Morgan fingerprint density at radius 3 is 0.821 bits per heavy atom. The Hall–Kier alpha value is -0.670. The standard InChI is InChI=1S/C11H23N.C10H21NO.3C10H21N.C10H20.C9H18FN.C9H19NO.2C9H19N.C9H18.C8H18N2.C8H17N.C7H15N/c1-5-11(10(2)3)6-8-12(4)9-7-11;1-9(2)10-3-5-11(6-4-10)7-8-12;1-9(2)10(3)5-7-11(4)8-6-10;1-9(2)10-5-4-7-11(3)8-6-10;1-4-11-7-5-10(6-8-11)9(2)3;1-9(2)10(3)7-5-4-6-8-10;1-8(2)9(10)4-6-11(3)7-5-9;1-8(2)9(11)4-6-10(3)7-5-9;2*1-8(2)9-4-6-10(3)7-5-9;1-8(2)9-6-4-3-5-7-9;1-8(2)10-6-4-9(3)5-7-10;1-4-9-5-8(6-9)7(2)3;1-6(2)7-4-8(3)5-7/h10H,5-9H2,1-4H3;9-10,12H,3-8H2,1-2H3;9H,5-8H2,1-4H3;2*9-10H,4-8H2,1-3H3;9H,4-8H2,1-3H3;8H,4-7H2,1-3H3;8,11H,4-7H2,1-3H3;2*8-9H,4-7H2,1-3H3;8-9H,3-7H2,1-2H3;8H,4-7H2,1-3H3;7-8H,4-6H2,1-3H3;6-7H,4-5H2,1-3H3. The van der Waals surface area contributed by atoms with Crippen LogP contribution in [0, 0.1) is 141 Å². The van der Waals surface area contributed by atoms with Crippen LogP contribution in [-0.4, -0.2) is 351 Å². The maximum atomic E-state index is 13.8. The van der Waals surface area contributed by atoms with Gasteiger partial charge in [0.2, 0.25) is 0 Å². The minimum Gasteiger partial charge on any atom is -0.395 e. The van der Waals surface area contributed by atoms with Crippen molar-refractivity contribution < 1.29 is 14.6 Å². The number of aliphatic hydroxyl groups excluding tert-OH is 1. The number of halogens is 1. The second-order valence-corrected chi connectivity index (χ2v) is 55.5. The van der Waals surface area contributed by atoms with Crippen molar-refractivity contribution in [3.8, 4) is 0 Å². The van der Waals surface area contributed by atoms with Gasteiger partial charge in [0, 0.05) is 91.1 Å². The van der Waals surface area contributed by atoms with E-state index in [4.69, 9.17) is 5.11 Å². The highest BCUT2D eigenvalue weighted by Crippen LogP contribution is 2.44. The number of β-amino-alcohol motifs (C(OH)–C–C–N with tert-alkyl or cyclic N) is 1. The molecule has 0 spiro atoms. The molecule has 2 N–H and O–H groups in total. The first-order valence-corrected chi connectivity index (χ1v) is 63.0. The van der Waals surface area contributed by atoms with Crippen LogP contribution in [0.15, 0.2) is 0 Å². The molecule has 12 aliphatic heterocycles. The Balaban J connectivity index is 0.000000782. The van der Waals surface area contributed by atoms with E-state index in [1.807, 2.05) is 13.8 Å². The normalized spacial score (nSPS) is 24.6. The van der Waals surface area contributed by atoms with E-state index in [0.717, 1.165) is 164 Å². The number of piperazine rings is 1. The summed E-state index contributed by atoms with van der Waals surface area (Å²) in [5.41, 5.74) is 0.691. The maximum absolute atomic E-state index is 13.8. The monoisotopic (exact) mass is 2050 g/mol. The van der Waals surface area contributed by atoms with Crippen molar-refractivity contribution in [2.24, 2.45) is 141 Å². The third kappa shape index (κ3) is 60.1. The number of aliphatic hydroxyl groups is 2. The van der Waals surface area contributed by atoms with Gasteiger partial charge in [0.05, 0.1) is 12.2 Å². The van der Waals surface area contributed by atoms with Gasteiger partial charge in [-0.2, -0.15) is 0 Å². The fourth-order valence-electron chi connectivity index (χ4n) is 24.0. The summed E-state index contributed by atoms with van der Waals surface area (Å²) >= 11 is 0. The number of hydrogen-bond donors (Lipinski definition) is 2. The first-order valence-electron chi connectivity index (χ1n) is 63.0. The van der Waals surface area contributed by atoms with Crippen molar-refractivity contribution in [3.63, 3.8) is 0 Å². The zero-order valence-electron chi connectivity index (χ0n) is 107. The second-order valence-electron chi connectivity index (χ2n) is 55.5. The molecule has 870 valence electrons. The van der Waals surface area contributed by atoms with Crippen molar-refractivity contribution in [1.82, 2.24) is 63.7 Å². The summed E-state index contributed by atoms with van der Waals surface area (Å²) in [4.78, 5) is 31.4. The van der Waals surface area contributed by atoms with Crippen molar-refractivity contribution >= 4 is 0 Å². The van der Waals surface area contributed by atoms with E-state index >= 15 is 0 Å². The average Bonchev–Trinajstić information content (AvgIpc) is 0.904. The van der Waals surface area contributed by atoms with Gasteiger partial charge in [-0.3, -0.25) is 4.90 Å². The Kier molecular flexibility index (Phi) is 75.5. The molecule has 0 aromatic carbocycles. The Morgan fingerprint density at radius 1 is 0.248 bits per heavy atom. The van der Waals surface area contributed by atoms with Gasteiger partial charge in [-0.15, -0.1) is 0 Å². The molecule has 12 saturated heterocycles. The van der Waals surface area contributed by atoms with Crippen LogP contribution in [0.3, 0.4) is 0 Å². The minimum absolute atomic E-state index is 0.177. The molecule has 14 fully saturated rings. The molecule has 0 radical (unpaired) electrons. The second kappa shape index (κ2) is 76.9. The minimum atomic E-state index is -0.882. The molecular formula is C129H270FN13O2. The maximum Gasteiger partial charge on any atom is 0.115 e.